The third-order valence-electron chi connectivity index (χ3n) is 4.50. The van der Waals surface area contributed by atoms with Gasteiger partial charge in [0.05, 0.1) is 12.8 Å². The van der Waals surface area contributed by atoms with E-state index in [-0.39, 0.29) is 5.97 Å². The average molecular weight is 290 g/mol. The first kappa shape index (κ1) is 16.0. The fourth-order valence-corrected chi connectivity index (χ4v) is 3.09. The first-order chi connectivity index (χ1) is 10.2. The lowest BCUT2D eigenvalue weighted by atomic mass is 10.1. The molecule has 2 rings (SSSR count). The number of carbonyl (C=O) groups is 1. The van der Waals surface area contributed by atoms with E-state index in [1.54, 1.807) is 6.07 Å². The van der Waals surface area contributed by atoms with Gasteiger partial charge in [0.1, 0.15) is 5.69 Å². The molecule has 1 aromatic heterocycles. The fraction of sp³-hybridized carbons (Fsp3) is 0.647. The summed E-state index contributed by atoms with van der Waals surface area (Å²) >= 11 is 0. The first-order valence-electron chi connectivity index (χ1n) is 7.95. The summed E-state index contributed by atoms with van der Waals surface area (Å²) < 4.78 is 4.75. The van der Waals surface area contributed by atoms with Crippen molar-refractivity contribution in [2.24, 2.45) is 0 Å². The van der Waals surface area contributed by atoms with Crippen LogP contribution < -0.4 is 0 Å². The molecule has 21 heavy (non-hydrogen) atoms. The topological polar surface area (TPSA) is 42.4 Å². The highest BCUT2D eigenvalue weighted by atomic mass is 16.5. The number of carbonyl (C=O) groups excluding carboxylic acids is 1. The van der Waals surface area contributed by atoms with Gasteiger partial charge in [0.25, 0.3) is 0 Å². The number of ether oxygens (including phenoxy) is 1. The summed E-state index contributed by atoms with van der Waals surface area (Å²) in [6.07, 6.45) is 6.34. The summed E-state index contributed by atoms with van der Waals surface area (Å²) in [6.45, 7) is 5.32. The number of hydrogen-bond acceptors (Lipinski definition) is 4. The predicted molar refractivity (Wildman–Crippen MR) is 83.1 cm³/mol. The highest BCUT2D eigenvalue weighted by molar-refractivity contribution is 5.87. The van der Waals surface area contributed by atoms with Gasteiger partial charge in [0, 0.05) is 18.6 Å². The molecule has 116 valence electrons. The van der Waals surface area contributed by atoms with E-state index in [2.05, 4.69) is 23.7 Å². The molecule has 1 fully saturated rings. The summed E-state index contributed by atoms with van der Waals surface area (Å²) in [5, 5.41) is 0. The van der Waals surface area contributed by atoms with Gasteiger partial charge >= 0.3 is 5.97 Å². The number of pyridine rings is 1. The SMILES string of the molecule is CCC(C)N(Cc1cccc(C(=O)OC)n1)C1CCCC1. The van der Waals surface area contributed by atoms with Crippen LogP contribution in [0.15, 0.2) is 18.2 Å². The summed E-state index contributed by atoms with van der Waals surface area (Å²) in [5.74, 6) is -0.368. The Balaban J connectivity index is 2.14. The summed E-state index contributed by atoms with van der Waals surface area (Å²) in [6, 6.07) is 6.79. The molecule has 0 bridgehead atoms. The number of aromatic nitrogens is 1. The molecule has 0 saturated heterocycles. The zero-order chi connectivity index (χ0) is 15.2. The van der Waals surface area contributed by atoms with Crippen molar-refractivity contribution in [1.82, 2.24) is 9.88 Å². The van der Waals surface area contributed by atoms with Gasteiger partial charge in [0.2, 0.25) is 0 Å². The molecule has 1 aliphatic carbocycles. The molecule has 0 aliphatic heterocycles. The Morgan fingerprint density at radius 3 is 2.76 bits per heavy atom. The van der Waals surface area contributed by atoms with Crippen molar-refractivity contribution in [3.05, 3.63) is 29.6 Å². The van der Waals surface area contributed by atoms with Crippen molar-refractivity contribution in [1.29, 1.82) is 0 Å². The Labute approximate surface area is 127 Å². The van der Waals surface area contributed by atoms with Crippen LogP contribution in [0.2, 0.25) is 0 Å². The van der Waals surface area contributed by atoms with E-state index in [4.69, 9.17) is 4.74 Å². The standard InChI is InChI=1S/C17H26N2O2/c1-4-13(2)19(15-9-5-6-10-15)12-14-8-7-11-16(18-14)17(20)21-3/h7-8,11,13,15H,4-6,9-10,12H2,1-3H3. The van der Waals surface area contributed by atoms with Crippen LogP contribution in [0, 0.1) is 0 Å². The monoisotopic (exact) mass is 290 g/mol. The van der Waals surface area contributed by atoms with Crippen LogP contribution in [0.25, 0.3) is 0 Å². The van der Waals surface area contributed by atoms with E-state index in [9.17, 15) is 4.79 Å². The number of hydrogen-bond donors (Lipinski definition) is 0. The van der Waals surface area contributed by atoms with E-state index in [0.29, 0.717) is 17.8 Å². The van der Waals surface area contributed by atoms with Crippen molar-refractivity contribution in [3.63, 3.8) is 0 Å². The van der Waals surface area contributed by atoms with Crippen molar-refractivity contribution >= 4 is 5.97 Å². The molecule has 1 unspecified atom stereocenters. The normalized spacial score (nSPS) is 17.1. The molecule has 0 spiro atoms. The summed E-state index contributed by atoms with van der Waals surface area (Å²) in [5.41, 5.74) is 1.34. The van der Waals surface area contributed by atoms with Crippen LogP contribution in [-0.4, -0.2) is 35.0 Å². The lowest BCUT2D eigenvalue weighted by Gasteiger charge is -2.33. The van der Waals surface area contributed by atoms with Crippen LogP contribution in [0.3, 0.4) is 0 Å². The number of esters is 1. The maximum atomic E-state index is 11.6. The third kappa shape index (κ3) is 4.03. The Morgan fingerprint density at radius 1 is 1.43 bits per heavy atom. The summed E-state index contributed by atoms with van der Waals surface area (Å²) in [7, 11) is 1.39. The number of methoxy groups -OCH3 is 1. The lowest BCUT2D eigenvalue weighted by Crippen LogP contribution is -2.39. The van der Waals surface area contributed by atoms with Gasteiger partial charge in [-0.2, -0.15) is 0 Å². The van der Waals surface area contributed by atoms with Crippen LogP contribution >= 0.6 is 0 Å². The van der Waals surface area contributed by atoms with Gasteiger partial charge in [-0.15, -0.1) is 0 Å². The van der Waals surface area contributed by atoms with Crippen molar-refractivity contribution in [2.75, 3.05) is 7.11 Å². The molecule has 1 aromatic rings. The van der Waals surface area contributed by atoms with Crippen LogP contribution in [0.1, 0.15) is 62.1 Å². The largest absolute Gasteiger partial charge is 0.464 e. The molecule has 0 aromatic carbocycles. The molecule has 1 heterocycles. The van der Waals surface area contributed by atoms with Crippen LogP contribution in [-0.2, 0) is 11.3 Å². The van der Waals surface area contributed by atoms with Crippen LogP contribution in [0.5, 0.6) is 0 Å². The highest BCUT2D eigenvalue weighted by Gasteiger charge is 2.26. The Bertz CT molecular complexity index is 470. The number of rotatable bonds is 6. The smallest absolute Gasteiger partial charge is 0.356 e. The van der Waals surface area contributed by atoms with E-state index in [0.717, 1.165) is 18.7 Å². The minimum atomic E-state index is -0.368. The third-order valence-corrected chi connectivity index (χ3v) is 4.50. The van der Waals surface area contributed by atoms with Gasteiger partial charge in [-0.05, 0) is 38.3 Å². The second-order valence-corrected chi connectivity index (χ2v) is 5.87. The second-order valence-electron chi connectivity index (χ2n) is 5.87. The van der Waals surface area contributed by atoms with Gasteiger partial charge in [-0.1, -0.05) is 25.8 Å². The van der Waals surface area contributed by atoms with Gasteiger partial charge in [0.15, 0.2) is 0 Å². The van der Waals surface area contributed by atoms with Gasteiger partial charge < -0.3 is 4.74 Å². The van der Waals surface area contributed by atoms with Crippen molar-refractivity contribution in [3.8, 4) is 0 Å². The molecular weight excluding hydrogens is 264 g/mol. The predicted octanol–water partition coefficient (Wildman–Crippen LogP) is 3.41. The first-order valence-corrected chi connectivity index (χ1v) is 7.95. The Hall–Kier alpha value is -1.42. The maximum Gasteiger partial charge on any atom is 0.356 e. The van der Waals surface area contributed by atoms with Gasteiger partial charge in [-0.25, -0.2) is 9.78 Å². The Kier molecular flexibility index (Phi) is 5.74. The zero-order valence-electron chi connectivity index (χ0n) is 13.3. The maximum absolute atomic E-state index is 11.6. The minimum Gasteiger partial charge on any atom is -0.464 e. The molecule has 0 radical (unpaired) electrons. The molecule has 0 N–H and O–H groups in total. The van der Waals surface area contributed by atoms with E-state index in [1.165, 1.54) is 32.8 Å². The highest BCUT2D eigenvalue weighted by Crippen LogP contribution is 2.27. The average Bonchev–Trinajstić information content (AvgIpc) is 3.05. The molecule has 1 aliphatic rings. The van der Waals surface area contributed by atoms with Gasteiger partial charge in [-0.3, -0.25) is 4.90 Å². The second kappa shape index (κ2) is 7.55. The van der Waals surface area contributed by atoms with Crippen molar-refractivity contribution < 1.29 is 9.53 Å². The quantitative estimate of drug-likeness (QED) is 0.753. The molecule has 1 atom stereocenters. The molecule has 4 heteroatoms. The molecular formula is C17H26N2O2. The summed E-state index contributed by atoms with van der Waals surface area (Å²) in [4.78, 5) is 18.6. The minimum absolute atomic E-state index is 0.368. The van der Waals surface area contributed by atoms with Crippen LogP contribution in [0.4, 0.5) is 0 Å². The zero-order valence-corrected chi connectivity index (χ0v) is 13.3. The molecule has 0 amide bonds. The molecule has 4 nitrogen and oxygen atoms in total. The van der Waals surface area contributed by atoms with Crippen molar-refractivity contribution in [2.45, 2.75) is 64.6 Å². The number of nitrogens with zero attached hydrogens (tertiary/aromatic N) is 2. The molecule has 1 saturated carbocycles. The van der Waals surface area contributed by atoms with E-state index in [1.807, 2.05) is 12.1 Å². The lowest BCUT2D eigenvalue weighted by molar-refractivity contribution is 0.0593. The Morgan fingerprint density at radius 2 is 2.14 bits per heavy atom. The van der Waals surface area contributed by atoms with E-state index < -0.39 is 0 Å². The fourth-order valence-electron chi connectivity index (χ4n) is 3.09. The van der Waals surface area contributed by atoms with E-state index >= 15 is 0 Å².